The summed E-state index contributed by atoms with van der Waals surface area (Å²) >= 11 is 0.223. The van der Waals surface area contributed by atoms with Gasteiger partial charge in [0.25, 0.3) is 0 Å². The molecule has 0 atom stereocenters. The van der Waals surface area contributed by atoms with Crippen LogP contribution in [0.4, 0.5) is 0 Å². The van der Waals surface area contributed by atoms with Crippen molar-refractivity contribution in [3.63, 3.8) is 0 Å². The number of allylic oxidation sites excluding steroid dienone is 2. The Bertz CT molecular complexity index is 128. The summed E-state index contributed by atoms with van der Waals surface area (Å²) in [6.07, 6.45) is 5.99. The van der Waals surface area contributed by atoms with Crippen LogP contribution in [0.25, 0.3) is 0 Å². The van der Waals surface area contributed by atoms with Crippen molar-refractivity contribution in [2.24, 2.45) is 0 Å². The van der Waals surface area contributed by atoms with Crippen LogP contribution in [0.1, 0.15) is 0 Å². The third-order valence-corrected chi connectivity index (χ3v) is 2.61. The molecule has 0 aliphatic carbocycles. The molecule has 3 heteroatoms. The van der Waals surface area contributed by atoms with Crippen LogP contribution in [-0.2, 0) is 0 Å². The maximum atomic E-state index is 3.04. The fraction of sp³-hybridized carbons (Fsp3) is 0.200. The number of rotatable bonds is 1. The third-order valence-electron chi connectivity index (χ3n) is 0.817. The van der Waals surface area contributed by atoms with Crippen molar-refractivity contribution >= 4 is 0 Å². The Morgan fingerprint density at radius 1 is 1.62 bits per heavy atom. The van der Waals surface area contributed by atoms with Gasteiger partial charge in [0.1, 0.15) is 0 Å². The topological polar surface area (TPSA) is 24.1 Å². The van der Waals surface area contributed by atoms with Gasteiger partial charge in [-0.1, -0.05) is 0 Å². The summed E-state index contributed by atoms with van der Waals surface area (Å²) in [5.74, 6) is 0. The average Bonchev–Trinajstić information content (AvgIpc) is 1.90. The summed E-state index contributed by atoms with van der Waals surface area (Å²) in [5.41, 5.74) is 5.96. The Balaban J connectivity index is 2.50. The molecule has 2 N–H and O–H groups in total. The molecule has 0 spiro atoms. The second kappa shape index (κ2) is 2.96. The van der Waals surface area contributed by atoms with Crippen LogP contribution < -0.4 is 32.1 Å². The van der Waals surface area contributed by atoms with Gasteiger partial charge >= 0.3 is 59.0 Å². The minimum atomic E-state index is 0.223. The van der Waals surface area contributed by atoms with Crippen LogP contribution in [0.3, 0.4) is 0 Å². The fourth-order valence-electron chi connectivity index (χ4n) is 0.443. The van der Waals surface area contributed by atoms with E-state index in [0.29, 0.717) is 0 Å². The molecule has 1 heterocycles. The van der Waals surface area contributed by atoms with Crippen molar-refractivity contribution in [1.29, 1.82) is 0 Å². The van der Waals surface area contributed by atoms with Gasteiger partial charge in [-0.05, 0) is 0 Å². The zero-order valence-electron chi connectivity index (χ0n) is 4.61. The van der Waals surface area contributed by atoms with E-state index in [0.717, 1.165) is 0 Å². The van der Waals surface area contributed by atoms with E-state index in [1.54, 1.807) is 0 Å². The molecule has 0 aromatic rings. The molecule has 0 amide bonds. The molecule has 0 fully saturated rings. The molecule has 0 unspecified atom stereocenters. The summed E-state index contributed by atoms with van der Waals surface area (Å²) < 4.78 is 1.34. The van der Waals surface area contributed by atoms with Gasteiger partial charge in [0, 0.05) is 0 Å². The van der Waals surface area contributed by atoms with Gasteiger partial charge in [-0.25, -0.2) is 0 Å². The molecule has 0 aromatic heterocycles. The molecular formula is C5H8IN2-. The second-order valence-corrected chi connectivity index (χ2v) is 3.57. The molecule has 46 valence electrons. The standard InChI is InChI=1S/C5H8IN2/c1-6-5-3-2-4-7-8-5/h2-4,7-8H,1H3/q-1. The van der Waals surface area contributed by atoms with E-state index in [4.69, 9.17) is 0 Å². The number of alkyl halides is 1. The summed E-state index contributed by atoms with van der Waals surface area (Å²) in [6, 6.07) is 0. The SMILES string of the molecule is C[I-]C1=CC=CNN1. The average molecular weight is 223 g/mol. The first kappa shape index (κ1) is 5.94. The molecule has 1 rings (SSSR count). The van der Waals surface area contributed by atoms with Crippen molar-refractivity contribution in [3.8, 4) is 0 Å². The zero-order valence-corrected chi connectivity index (χ0v) is 6.77. The van der Waals surface area contributed by atoms with Crippen LogP contribution >= 0.6 is 0 Å². The quantitative estimate of drug-likeness (QED) is 0.284. The molecular weight excluding hydrogens is 215 g/mol. The van der Waals surface area contributed by atoms with E-state index in [1.807, 2.05) is 12.3 Å². The van der Waals surface area contributed by atoms with E-state index in [9.17, 15) is 0 Å². The van der Waals surface area contributed by atoms with E-state index in [2.05, 4.69) is 21.9 Å². The van der Waals surface area contributed by atoms with Gasteiger partial charge in [0.15, 0.2) is 0 Å². The molecule has 0 aromatic carbocycles. The minimum absolute atomic E-state index is 0.223. The molecule has 0 radical (unpaired) electrons. The van der Waals surface area contributed by atoms with Crippen LogP contribution in [-0.4, -0.2) is 4.93 Å². The van der Waals surface area contributed by atoms with E-state index in [1.165, 1.54) is 3.70 Å². The van der Waals surface area contributed by atoms with Crippen molar-refractivity contribution in [3.05, 3.63) is 22.1 Å². The predicted molar refractivity (Wildman–Crippen MR) is 29.4 cm³/mol. The van der Waals surface area contributed by atoms with E-state index in [-0.39, 0.29) is 21.2 Å². The molecule has 0 saturated carbocycles. The summed E-state index contributed by atoms with van der Waals surface area (Å²) in [7, 11) is 0. The van der Waals surface area contributed by atoms with Crippen LogP contribution in [0.15, 0.2) is 22.1 Å². The Labute approximate surface area is 59.3 Å². The third kappa shape index (κ3) is 1.40. The van der Waals surface area contributed by atoms with Gasteiger partial charge in [-0.3, -0.25) is 0 Å². The molecule has 0 saturated heterocycles. The van der Waals surface area contributed by atoms with Gasteiger partial charge in [0.05, 0.1) is 0 Å². The first-order chi connectivity index (χ1) is 3.93. The molecule has 0 bridgehead atoms. The fourth-order valence-corrected chi connectivity index (χ4v) is 1.44. The van der Waals surface area contributed by atoms with Crippen LogP contribution in [0.5, 0.6) is 0 Å². The first-order valence-corrected chi connectivity index (χ1v) is 5.55. The molecule has 1 aliphatic rings. The van der Waals surface area contributed by atoms with Crippen LogP contribution in [0, 0.1) is 0 Å². The normalized spacial score (nSPS) is 16.9. The molecule has 2 nitrogen and oxygen atoms in total. The van der Waals surface area contributed by atoms with Gasteiger partial charge < -0.3 is 0 Å². The summed E-state index contributed by atoms with van der Waals surface area (Å²) in [5, 5.41) is 0. The van der Waals surface area contributed by atoms with E-state index >= 15 is 0 Å². The summed E-state index contributed by atoms with van der Waals surface area (Å²) in [4.78, 5) is 2.22. The van der Waals surface area contributed by atoms with Gasteiger partial charge in [-0.2, -0.15) is 0 Å². The van der Waals surface area contributed by atoms with Crippen molar-refractivity contribution in [2.45, 2.75) is 0 Å². The second-order valence-electron chi connectivity index (χ2n) is 1.33. The number of hydrogen-bond acceptors (Lipinski definition) is 2. The predicted octanol–water partition coefficient (Wildman–Crippen LogP) is -2.83. The zero-order chi connectivity index (χ0) is 5.82. The Morgan fingerprint density at radius 3 is 2.88 bits per heavy atom. The number of hydrogen-bond donors (Lipinski definition) is 2. The monoisotopic (exact) mass is 223 g/mol. The molecule has 1 aliphatic heterocycles. The maximum absolute atomic E-state index is 3.04. The van der Waals surface area contributed by atoms with Gasteiger partial charge in [-0.15, -0.1) is 0 Å². The molecule has 8 heavy (non-hydrogen) atoms. The Kier molecular flexibility index (Phi) is 2.20. The van der Waals surface area contributed by atoms with Gasteiger partial charge in [0.2, 0.25) is 0 Å². The number of nitrogens with one attached hydrogen (secondary N) is 2. The number of hydrazine groups is 1. The Morgan fingerprint density at radius 2 is 2.50 bits per heavy atom. The van der Waals surface area contributed by atoms with Crippen LogP contribution in [0.2, 0.25) is 0 Å². The van der Waals surface area contributed by atoms with E-state index < -0.39 is 0 Å². The first-order valence-electron chi connectivity index (χ1n) is 2.31. The summed E-state index contributed by atoms with van der Waals surface area (Å²) in [6.45, 7) is 0. The Hall–Kier alpha value is -0.190. The number of halogens is 1. The van der Waals surface area contributed by atoms with Crippen molar-refractivity contribution in [2.75, 3.05) is 4.93 Å². The van der Waals surface area contributed by atoms with Crippen molar-refractivity contribution in [1.82, 2.24) is 10.9 Å². The van der Waals surface area contributed by atoms with Crippen molar-refractivity contribution < 1.29 is 21.2 Å².